The molecule has 6 aromatic rings. The summed E-state index contributed by atoms with van der Waals surface area (Å²) in [5.41, 5.74) is 32.5. The van der Waals surface area contributed by atoms with Crippen molar-refractivity contribution in [3.05, 3.63) is 391 Å². The van der Waals surface area contributed by atoms with Crippen molar-refractivity contribution in [1.82, 2.24) is 19.9 Å². The number of anilines is 2. The molecule has 12 rings (SSSR count). The van der Waals surface area contributed by atoms with Gasteiger partial charge in [0.2, 0.25) is 0 Å². The number of rotatable bonds is 25. The Balaban J connectivity index is 0.831. The number of Topliss-reactive ketones (excluding diaryl/α,β-unsaturated/α-hetero) is 1. The SMILES string of the molecule is C=C1c2[nH]c3c(c4nc(c(-c5ccc(C(=O)Nc6ccc(/C=C/C(C)=C/C=C/C(C)=C/C=C/C=C(C)/C=C/C=C(C)/C=C/C)cc6)cc5)c5[nH]c(cc6nc(c2-c2ccc(C(=O)Nc7ccc(/C=C/C(C)=C/C=C/C(C)=C/C=C/C=C(C)/C=C/C=C(C)/C=C/C)cc7)cc2)C(C)=C6C)c(C)c5C)C(C)=C4C)C2=C(C(C)=O)[C@]13C2. The number of benzene rings is 4. The smallest absolute Gasteiger partial charge is 0.255 e. The molecule has 0 fully saturated rings. The molecule has 1 atom stereocenters. The van der Waals surface area contributed by atoms with Gasteiger partial charge in [-0.25, -0.2) is 9.97 Å². The van der Waals surface area contributed by atoms with E-state index in [4.69, 9.17) is 16.5 Å². The second-order valence-corrected chi connectivity index (χ2v) is 29.9. The molecule has 2 aromatic heterocycles. The monoisotopic (exact) mass is 1480 g/mol. The van der Waals surface area contributed by atoms with Gasteiger partial charge in [-0.3, -0.25) is 14.4 Å². The second kappa shape index (κ2) is 36.3. The molecule has 10 bridgehead atoms. The molecule has 4 aromatic carbocycles. The minimum Gasteiger partial charge on any atom is -0.356 e. The van der Waals surface area contributed by atoms with Crippen LogP contribution in [0.15, 0.2) is 318 Å². The summed E-state index contributed by atoms with van der Waals surface area (Å²) in [6.07, 6.45) is 58.8. The maximum atomic E-state index is 14.2. The normalized spacial score (nSPS) is 16.6. The number of carbonyl (C=O) groups is 3. The highest BCUT2D eigenvalue weighted by molar-refractivity contribution is 6.19. The van der Waals surface area contributed by atoms with Crippen molar-refractivity contribution >= 4 is 85.6 Å². The van der Waals surface area contributed by atoms with E-state index in [1.165, 1.54) is 22.3 Å². The van der Waals surface area contributed by atoms with Crippen LogP contribution in [0.2, 0.25) is 0 Å². The number of carbonyl (C=O) groups excluding carboxylic acids is 3. The number of hydrogen-bond donors (Lipinski definition) is 4. The summed E-state index contributed by atoms with van der Waals surface area (Å²) in [5.74, 6) is -0.478. The highest BCUT2D eigenvalue weighted by Gasteiger charge is 2.62. The lowest BCUT2D eigenvalue weighted by Gasteiger charge is -2.36. The zero-order valence-electron chi connectivity index (χ0n) is 68.5. The third-order valence-electron chi connectivity index (χ3n) is 21.4. The van der Waals surface area contributed by atoms with Crippen LogP contribution in [0, 0.1) is 13.8 Å². The van der Waals surface area contributed by atoms with E-state index in [-0.39, 0.29) is 17.6 Å². The third-order valence-corrected chi connectivity index (χ3v) is 21.4. The van der Waals surface area contributed by atoms with Crippen molar-refractivity contribution < 1.29 is 14.4 Å². The van der Waals surface area contributed by atoms with Crippen molar-refractivity contribution in [3.8, 4) is 22.3 Å². The molecule has 568 valence electrons. The van der Waals surface area contributed by atoms with E-state index in [1.807, 2.05) is 123 Å². The summed E-state index contributed by atoms with van der Waals surface area (Å²) in [5, 5.41) is 6.24. The molecule has 0 unspecified atom stereocenters. The molecule has 0 radical (unpaired) electrons. The largest absolute Gasteiger partial charge is 0.356 e. The molecular formula is C104H104N6O3. The Kier molecular flexibility index (Phi) is 26.1. The van der Waals surface area contributed by atoms with Gasteiger partial charge in [-0.15, -0.1) is 0 Å². The number of amides is 2. The molecule has 113 heavy (non-hydrogen) atoms. The quantitative estimate of drug-likeness (QED) is 0.0424. The van der Waals surface area contributed by atoms with Gasteiger partial charge in [0, 0.05) is 56.0 Å². The molecule has 2 amide bonds. The number of aromatic amines is 2. The molecule has 9 heteroatoms. The molecule has 9 nitrogen and oxygen atoms in total. The molecule has 3 aliphatic carbocycles. The number of nitrogens with zero attached hydrogens (tertiary/aromatic N) is 2. The average molecular weight is 1490 g/mol. The van der Waals surface area contributed by atoms with Gasteiger partial charge in [0.15, 0.2) is 5.78 Å². The Labute approximate surface area is 669 Å². The first kappa shape index (κ1) is 81.1. The fraction of sp³-hybridized carbons (Fsp3) is 0.183. The minimum atomic E-state index is -0.795. The van der Waals surface area contributed by atoms with Gasteiger partial charge >= 0.3 is 0 Å². The van der Waals surface area contributed by atoms with E-state index in [1.54, 1.807) is 6.92 Å². The first-order valence-electron chi connectivity index (χ1n) is 38.8. The van der Waals surface area contributed by atoms with Gasteiger partial charge in [0.25, 0.3) is 11.8 Å². The van der Waals surface area contributed by atoms with Crippen molar-refractivity contribution in [2.75, 3.05) is 10.6 Å². The van der Waals surface area contributed by atoms with Crippen molar-refractivity contribution in [2.45, 2.75) is 130 Å². The van der Waals surface area contributed by atoms with E-state index in [0.717, 1.165) is 157 Å². The summed E-state index contributed by atoms with van der Waals surface area (Å²) in [7, 11) is 0. The Morgan fingerprint density at radius 1 is 0.425 bits per heavy atom. The molecule has 4 N–H and O–H groups in total. The lowest BCUT2D eigenvalue weighted by atomic mass is 9.63. The Morgan fingerprint density at radius 2 is 0.805 bits per heavy atom. The predicted octanol–water partition coefficient (Wildman–Crippen LogP) is 27.2. The van der Waals surface area contributed by atoms with E-state index >= 15 is 0 Å². The number of hydrogen-bond acceptors (Lipinski definition) is 5. The van der Waals surface area contributed by atoms with Gasteiger partial charge < -0.3 is 20.6 Å². The van der Waals surface area contributed by atoms with Crippen molar-refractivity contribution in [1.29, 1.82) is 0 Å². The van der Waals surface area contributed by atoms with Crippen LogP contribution in [0.1, 0.15) is 193 Å². The highest BCUT2D eigenvalue weighted by atomic mass is 16.2. The van der Waals surface area contributed by atoms with E-state index < -0.39 is 5.41 Å². The number of nitrogens with one attached hydrogen (secondary N) is 4. The molecule has 0 saturated carbocycles. The van der Waals surface area contributed by atoms with Crippen LogP contribution in [0.25, 0.3) is 78.9 Å². The number of fused-ring (bicyclic) bond motifs is 7. The van der Waals surface area contributed by atoms with Crippen LogP contribution in [-0.4, -0.2) is 37.5 Å². The van der Waals surface area contributed by atoms with Gasteiger partial charge in [-0.1, -0.05) is 270 Å². The van der Waals surface area contributed by atoms with Crippen LogP contribution in [0.5, 0.6) is 0 Å². The number of aromatic nitrogens is 4. The van der Waals surface area contributed by atoms with Crippen molar-refractivity contribution in [3.63, 3.8) is 0 Å². The molecule has 6 aliphatic rings. The van der Waals surface area contributed by atoms with Gasteiger partial charge in [0.05, 0.1) is 39.4 Å². The van der Waals surface area contributed by atoms with Crippen LogP contribution in [-0.2, 0) is 10.2 Å². The summed E-state index contributed by atoms with van der Waals surface area (Å²) in [6.45, 7) is 40.0. The Morgan fingerprint density at radius 3 is 1.23 bits per heavy atom. The van der Waals surface area contributed by atoms with Crippen LogP contribution in [0.3, 0.4) is 0 Å². The first-order chi connectivity index (χ1) is 54.3. The fourth-order valence-corrected chi connectivity index (χ4v) is 14.6. The van der Waals surface area contributed by atoms with Gasteiger partial charge in [0.1, 0.15) is 0 Å². The van der Waals surface area contributed by atoms with Gasteiger partial charge in [-0.2, -0.15) is 0 Å². The molecule has 0 saturated heterocycles. The topological polar surface area (TPSA) is 133 Å². The van der Waals surface area contributed by atoms with E-state index in [9.17, 15) is 14.4 Å². The highest BCUT2D eigenvalue weighted by Crippen LogP contribution is 2.69. The van der Waals surface area contributed by atoms with Crippen LogP contribution in [0.4, 0.5) is 11.4 Å². The lowest BCUT2D eigenvalue weighted by molar-refractivity contribution is -0.114. The van der Waals surface area contributed by atoms with Crippen molar-refractivity contribution in [2.24, 2.45) is 0 Å². The standard InChI is InChI=1S/C104H104N6O3/c1-19-29-65(3)35-25-37-67(5)31-21-23-33-69(7)39-27-41-71(9)43-45-81-47-59-87(60-48-81)105-102(112)85-55-51-83(52-56-85)92-96-75(13)73(11)90(107-96)63-91-74(12)76(14)97(108-91)93(100-79(17)104-64-89(95(104)80(18)111)94(101(104)110-100)99-78(16)77(15)98(92)109-99)84-53-57-86(58-54-84)103(113)106-88-61-49-82(50-62-88)46-44-72(10)42-28-40-70(8)34-24-22-32-68(6)38-26-36-66(4)30-20-2/h19-63,107,110H,17,64H2,1-16,18H3,(H,105,112)(H,106,113)/b23-21+,24-22+,29-19+,30-20+,37-25+,38-26+,39-27+,40-28+,45-43+,46-44+,65-35+,66-36+,67-31+,68-32+,69-33+,70-34+,71-41+,72-42+,91-63?,98-92?,100-93?/t104-/m0/s1. The van der Waals surface area contributed by atoms with Crippen LogP contribution < -0.4 is 10.6 Å². The molecule has 3 aliphatic heterocycles. The molecule has 5 heterocycles. The summed E-state index contributed by atoms with van der Waals surface area (Å²) in [4.78, 5) is 61.5. The maximum absolute atomic E-state index is 14.2. The summed E-state index contributed by atoms with van der Waals surface area (Å²) < 4.78 is 0. The summed E-state index contributed by atoms with van der Waals surface area (Å²) in [6, 6.07) is 33.2. The third kappa shape index (κ3) is 18.6. The number of ketones is 1. The molecular weight excluding hydrogens is 1380 g/mol. The lowest BCUT2D eigenvalue weighted by Crippen LogP contribution is -2.33. The van der Waals surface area contributed by atoms with Crippen LogP contribution >= 0.6 is 0 Å². The zero-order chi connectivity index (χ0) is 80.8. The number of allylic oxidation sites excluding steroid dienone is 41. The predicted molar refractivity (Wildman–Crippen MR) is 483 cm³/mol. The average Bonchev–Trinajstić information content (AvgIpc) is 1.49. The Bertz CT molecular complexity index is 5770. The molecule has 1 spiro atoms. The zero-order valence-corrected chi connectivity index (χ0v) is 68.5. The first-order valence-corrected chi connectivity index (χ1v) is 38.8. The van der Waals surface area contributed by atoms with Gasteiger partial charge in [-0.05, 0) is 246 Å². The Hall–Kier alpha value is -12.9. The summed E-state index contributed by atoms with van der Waals surface area (Å²) >= 11 is 0. The number of aryl methyl sites for hydroxylation is 2. The van der Waals surface area contributed by atoms with E-state index in [2.05, 4.69) is 282 Å². The number of H-pyrrole nitrogens is 2. The van der Waals surface area contributed by atoms with E-state index in [0.29, 0.717) is 28.9 Å². The second-order valence-electron chi connectivity index (χ2n) is 29.9. The fourth-order valence-electron chi connectivity index (χ4n) is 14.6. The maximum Gasteiger partial charge on any atom is 0.255 e. The minimum absolute atomic E-state index is 0.0100.